The quantitative estimate of drug-likeness (QED) is 0.607. The second-order valence-electron chi connectivity index (χ2n) is 5.47. The van der Waals surface area contributed by atoms with Crippen molar-refractivity contribution in [2.24, 2.45) is 0 Å². The number of fused-ring (bicyclic) bond motifs is 1. The molecule has 4 rings (SSSR count). The Morgan fingerprint density at radius 2 is 2.04 bits per heavy atom. The van der Waals surface area contributed by atoms with Crippen LogP contribution in [0.3, 0.4) is 0 Å². The first-order chi connectivity index (χ1) is 12.7. The number of nitrogens with zero attached hydrogens (tertiary/aromatic N) is 6. The summed E-state index contributed by atoms with van der Waals surface area (Å²) in [6, 6.07) is 12.9. The summed E-state index contributed by atoms with van der Waals surface area (Å²) in [5.41, 5.74) is 9.83. The molecule has 0 saturated heterocycles. The predicted molar refractivity (Wildman–Crippen MR) is 95.1 cm³/mol. The predicted octanol–water partition coefficient (Wildman–Crippen LogP) is 2.32. The molecule has 26 heavy (non-hydrogen) atoms. The highest BCUT2D eigenvalue weighted by atomic mass is 16.5. The van der Waals surface area contributed by atoms with Crippen molar-refractivity contribution in [2.45, 2.75) is 0 Å². The lowest BCUT2D eigenvalue weighted by Gasteiger charge is -2.12. The third-order valence-corrected chi connectivity index (χ3v) is 3.93. The number of benzene rings is 1. The van der Waals surface area contributed by atoms with E-state index < -0.39 is 0 Å². The molecule has 0 amide bonds. The van der Waals surface area contributed by atoms with E-state index in [9.17, 15) is 5.26 Å². The number of pyridine rings is 1. The summed E-state index contributed by atoms with van der Waals surface area (Å²) in [5.74, 6) is 0.755. The second kappa shape index (κ2) is 6.14. The van der Waals surface area contributed by atoms with E-state index in [4.69, 9.17) is 10.5 Å². The molecule has 2 N–H and O–H groups in total. The Kier molecular flexibility index (Phi) is 3.67. The number of ether oxygens (including phenoxy) is 1. The minimum absolute atomic E-state index is 0.255. The zero-order chi connectivity index (χ0) is 18.1. The van der Waals surface area contributed by atoms with Gasteiger partial charge in [-0.3, -0.25) is 0 Å². The number of anilines is 1. The van der Waals surface area contributed by atoms with E-state index in [1.54, 1.807) is 42.1 Å². The van der Waals surface area contributed by atoms with Crippen LogP contribution in [-0.2, 0) is 0 Å². The van der Waals surface area contributed by atoms with Crippen LogP contribution in [0.25, 0.3) is 28.2 Å². The van der Waals surface area contributed by atoms with Gasteiger partial charge in [0.05, 0.1) is 24.4 Å². The van der Waals surface area contributed by atoms with Crippen molar-refractivity contribution in [1.29, 1.82) is 5.26 Å². The van der Waals surface area contributed by atoms with Crippen molar-refractivity contribution >= 4 is 11.5 Å². The lowest BCUT2D eigenvalue weighted by atomic mass is 10.0. The molecule has 0 aliphatic rings. The van der Waals surface area contributed by atoms with Crippen molar-refractivity contribution < 1.29 is 4.74 Å². The van der Waals surface area contributed by atoms with E-state index in [0.717, 1.165) is 11.1 Å². The number of hydrogen-bond donors (Lipinski definition) is 1. The lowest BCUT2D eigenvalue weighted by Crippen LogP contribution is -2.05. The zero-order valence-electron chi connectivity index (χ0n) is 13.8. The van der Waals surface area contributed by atoms with E-state index in [1.165, 1.54) is 6.33 Å². The van der Waals surface area contributed by atoms with Crippen LogP contribution in [-0.4, -0.2) is 31.7 Å². The van der Waals surface area contributed by atoms with Crippen LogP contribution in [0.5, 0.6) is 5.88 Å². The lowest BCUT2D eigenvalue weighted by molar-refractivity contribution is 0.398. The number of hydrogen-bond acceptors (Lipinski definition) is 7. The Morgan fingerprint density at radius 1 is 1.15 bits per heavy atom. The molecule has 0 saturated carbocycles. The standard InChI is InChI=1S/C18H13N7O/c1-26-14-6-5-13(9-21-14)16-15(12-4-2-3-11(7-12)8-19)24-17(20)18-22-10-23-25(16)18/h2-7,9-10H,1H3,(H2,20,24). The van der Waals surface area contributed by atoms with Gasteiger partial charge in [-0.25, -0.2) is 19.5 Å². The van der Waals surface area contributed by atoms with Gasteiger partial charge in [-0.1, -0.05) is 12.1 Å². The average molecular weight is 343 g/mol. The molecule has 1 aromatic carbocycles. The van der Waals surface area contributed by atoms with Gasteiger partial charge < -0.3 is 10.5 Å². The number of nitrogen functional groups attached to an aromatic ring is 1. The smallest absolute Gasteiger partial charge is 0.212 e. The number of rotatable bonds is 3. The van der Waals surface area contributed by atoms with Gasteiger partial charge in [-0.15, -0.1) is 0 Å². The van der Waals surface area contributed by atoms with Crippen molar-refractivity contribution in [3.05, 3.63) is 54.5 Å². The molecule has 0 unspecified atom stereocenters. The highest BCUT2D eigenvalue weighted by Gasteiger charge is 2.18. The highest BCUT2D eigenvalue weighted by molar-refractivity contribution is 5.82. The minimum atomic E-state index is 0.255. The van der Waals surface area contributed by atoms with Crippen LogP contribution in [0.1, 0.15) is 5.56 Å². The van der Waals surface area contributed by atoms with Crippen molar-refractivity contribution in [2.75, 3.05) is 12.8 Å². The highest BCUT2D eigenvalue weighted by Crippen LogP contribution is 2.32. The molecule has 0 fully saturated rings. The SMILES string of the molecule is COc1ccc(-c2c(-c3cccc(C#N)c3)nc(N)c3ncnn23)cn1. The molecule has 126 valence electrons. The first kappa shape index (κ1) is 15.5. The first-order valence-electron chi connectivity index (χ1n) is 7.71. The molecule has 8 heteroatoms. The van der Waals surface area contributed by atoms with Gasteiger partial charge in [0, 0.05) is 23.4 Å². The largest absolute Gasteiger partial charge is 0.481 e. The fourth-order valence-electron chi connectivity index (χ4n) is 2.74. The fourth-order valence-corrected chi connectivity index (χ4v) is 2.74. The van der Waals surface area contributed by atoms with Gasteiger partial charge >= 0.3 is 0 Å². The van der Waals surface area contributed by atoms with Crippen LogP contribution in [0.15, 0.2) is 48.9 Å². The van der Waals surface area contributed by atoms with Gasteiger partial charge in [0.1, 0.15) is 12.0 Å². The van der Waals surface area contributed by atoms with Gasteiger partial charge in [0.25, 0.3) is 0 Å². The molecule has 3 aromatic heterocycles. The molecule has 3 heterocycles. The summed E-state index contributed by atoms with van der Waals surface area (Å²) in [6.07, 6.45) is 3.09. The second-order valence-corrected chi connectivity index (χ2v) is 5.47. The van der Waals surface area contributed by atoms with E-state index in [2.05, 4.69) is 26.1 Å². The first-order valence-corrected chi connectivity index (χ1v) is 7.71. The molecular weight excluding hydrogens is 330 g/mol. The summed E-state index contributed by atoms with van der Waals surface area (Å²) in [5, 5.41) is 13.5. The Morgan fingerprint density at radius 3 is 2.77 bits per heavy atom. The molecule has 0 spiro atoms. The van der Waals surface area contributed by atoms with Crippen molar-refractivity contribution in [3.63, 3.8) is 0 Å². The number of methoxy groups -OCH3 is 1. The minimum Gasteiger partial charge on any atom is -0.481 e. The normalized spacial score (nSPS) is 10.6. The number of nitriles is 1. The molecule has 0 radical (unpaired) electrons. The number of aromatic nitrogens is 5. The molecule has 0 bridgehead atoms. The maximum atomic E-state index is 9.20. The third kappa shape index (κ3) is 2.48. The van der Waals surface area contributed by atoms with Crippen LogP contribution < -0.4 is 10.5 Å². The van der Waals surface area contributed by atoms with Gasteiger partial charge in [-0.05, 0) is 18.2 Å². The molecular formula is C18H13N7O. The van der Waals surface area contributed by atoms with Crippen LogP contribution in [0.2, 0.25) is 0 Å². The molecule has 0 aliphatic carbocycles. The third-order valence-electron chi connectivity index (χ3n) is 3.93. The molecule has 0 aliphatic heterocycles. The van der Waals surface area contributed by atoms with Gasteiger partial charge in [0.15, 0.2) is 11.5 Å². The van der Waals surface area contributed by atoms with E-state index in [1.807, 2.05) is 12.1 Å². The maximum absolute atomic E-state index is 9.20. The summed E-state index contributed by atoms with van der Waals surface area (Å²) in [4.78, 5) is 13.0. The number of nitrogens with two attached hydrogens (primary N) is 1. The Bertz CT molecular complexity index is 1140. The Labute approximate surface area is 148 Å². The van der Waals surface area contributed by atoms with Crippen molar-refractivity contribution in [3.8, 4) is 34.5 Å². The summed E-state index contributed by atoms with van der Waals surface area (Å²) in [7, 11) is 1.56. The van der Waals surface area contributed by atoms with Gasteiger partial charge in [-0.2, -0.15) is 10.4 Å². The summed E-state index contributed by atoms with van der Waals surface area (Å²) in [6.45, 7) is 0. The average Bonchev–Trinajstić information content (AvgIpc) is 3.18. The Balaban J connectivity index is 2.04. The maximum Gasteiger partial charge on any atom is 0.212 e. The summed E-state index contributed by atoms with van der Waals surface area (Å²) >= 11 is 0. The fraction of sp³-hybridized carbons (Fsp3) is 0.0556. The van der Waals surface area contributed by atoms with E-state index >= 15 is 0 Å². The van der Waals surface area contributed by atoms with Gasteiger partial charge in [0.2, 0.25) is 5.88 Å². The van der Waals surface area contributed by atoms with Crippen LogP contribution >= 0.6 is 0 Å². The van der Waals surface area contributed by atoms with Crippen LogP contribution in [0.4, 0.5) is 5.82 Å². The Hall–Kier alpha value is -3.99. The monoisotopic (exact) mass is 343 g/mol. The van der Waals surface area contributed by atoms with E-state index in [0.29, 0.717) is 28.5 Å². The summed E-state index contributed by atoms with van der Waals surface area (Å²) < 4.78 is 6.75. The molecule has 8 nitrogen and oxygen atoms in total. The van der Waals surface area contributed by atoms with Crippen molar-refractivity contribution in [1.82, 2.24) is 24.6 Å². The van der Waals surface area contributed by atoms with E-state index in [-0.39, 0.29) is 5.82 Å². The van der Waals surface area contributed by atoms with Crippen LogP contribution in [0, 0.1) is 11.3 Å². The topological polar surface area (TPSA) is 115 Å². The zero-order valence-corrected chi connectivity index (χ0v) is 13.8. The molecule has 4 aromatic rings. The molecule has 0 atom stereocenters.